The number of benzene rings is 1. The molecule has 2 aromatic heterocycles. The predicted molar refractivity (Wildman–Crippen MR) is 145 cm³/mol. The zero-order valence-corrected chi connectivity index (χ0v) is 24.2. The molecule has 14 heteroatoms. The molecule has 0 bridgehead atoms. The van der Waals surface area contributed by atoms with E-state index < -0.39 is 43.9 Å². The van der Waals surface area contributed by atoms with E-state index >= 15 is 0 Å². The first kappa shape index (κ1) is 29.8. The highest BCUT2D eigenvalue weighted by molar-refractivity contribution is 7.48. The fraction of sp³-hybridized carbons (Fsp3) is 0.560. The number of imidazole rings is 1. The van der Waals surface area contributed by atoms with Gasteiger partial charge >= 0.3 is 7.82 Å². The number of phosphoric ester groups is 1. The number of aliphatic hydroxyl groups is 1. The van der Waals surface area contributed by atoms with Crippen molar-refractivity contribution >= 4 is 36.4 Å². The lowest BCUT2D eigenvalue weighted by atomic mass is 9.83. The quantitative estimate of drug-likeness (QED) is 0.228. The van der Waals surface area contributed by atoms with Crippen LogP contribution in [-0.2, 0) is 34.2 Å². The third-order valence-electron chi connectivity index (χ3n) is 6.17. The van der Waals surface area contributed by atoms with Gasteiger partial charge in [-0.2, -0.15) is 9.97 Å². The summed E-state index contributed by atoms with van der Waals surface area (Å²) < 4.78 is 43.9. The number of anilines is 1. The zero-order chi connectivity index (χ0) is 28.4. The molecule has 39 heavy (non-hydrogen) atoms. The van der Waals surface area contributed by atoms with Crippen molar-refractivity contribution < 1.29 is 32.7 Å². The number of aromatic nitrogens is 4. The Hall–Kier alpha value is -2.15. The number of rotatable bonds is 12. The van der Waals surface area contributed by atoms with Crippen LogP contribution >= 0.6 is 19.4 Å². The van der Waals surface area contributed by atoms with E-state index in [4.69, 9.17) is 40.4 Å². The average molecular weight is 584 g/mol. The van der Waals surface area contributed by atoms with Crippen molar-refractivity contribution in [3.8, 4) is 0 Å². The molecule has 1 aliphatic rings. The lowest BCUT2D eigenvalue weighted by molar-refractivity contribution is -0.0748. The SMILES string of the molecule is CC(C)OP(=O)(OC[C@H]1O[C@@H](n2cnc3c(N)nc(Cl)nc32)[C@@](C)(COCc2ccccc2)C1O)OC(C)C. The Bertz CT molecular complexity index is 1300. The van der Waals surface area contributed by atoms with Crippen molar-refractivity contribution in [1.82, 2.24) is 19.5 Å². The van der Waals surface area contributed by atoms with Crippen LogP contribution in [-0.4, -0.2) is 62.3 Å². The standard InChI is InChI=1S/C25H35ClN5O7P/c1-15(2)37-39(33,38-16(3)4)35-12-18-20(32)25(5,13-34-11-17-9-7-6-8-10-17)23(36-18)31-14-28-19-21(27)29-24(26)30-22(19)31/h6-10,14-16,18,20,23,32H,11-13H2,1-5H3,(H2,27,29,30)/t18-,20?,23-,25+/m1/s1. The molecule has 0 spiro atoms. The molecule has 1 unspecified atom stereocenters. The van der Waals surface area contributed by atoms with Crippen molar-refractivity contribution in [1.29, 1.82) is 0 Å². The lowest BCUT2D eigenvalue weighted by Gasteiger charge is -2.33. The van der Waals surface area contributed by atoms with Crippen LogP contribution in [0.3, 0.4) is 0 Å². The minimum Gasteiger partial charge on any atom is -0.389 e. The number of halogens is 1. The molecule has 1 fully saturated rings. The van der Waals surface area contributed by atoms with Gasteiger partial charge in [0.1, 0.15) is 17.8 Å². The number of hydrogen-bond donors (Lipinski definition) is 2. The summed E-state index contributed by atoms with van der Waals surface area (Å²) in [5.41, 5.74) is 6.63. The maximum atomic E-state index is 13.3. The van der Waals surface area contributed by atoms with Crippen molar-refractivity contribution in [2.75, 3.05) is 18.9 Å². The van der Waals surface area contributed by atoms with Gasteiger partial charge in [-0.1, -0.05) is 37.3 Å². The number of fused-ring (bicyclic) bond motifs is 1. The van der Waals surface area contributed by atoms with E-state index in [0.29, 0.717) is 17.8 Å². The molecule has 0 aliphatic carbocycles. The van der Waals surface area contributed by atoms with Crippen molar-refractivity contribution in [3.63, 3.8) is 0 Å². The molecule has 1 aliphatic heterocycles. The third kappa shape index (κ3) is 6.78. The van der Waals surface area contributed by atoms with Crippen LogP contribution in [0.1, 0.15) is 46.4 Å². The van der Waals surface area contributed by atoms with Crippen molar-refractivity contribution in [2.45, 2.75) is 71.9 Å². The van der Waals surface area contributed by atoms with E-state index in [2.05, 4.69) is 15.0 Å². The summed E-state index contributed by atoms with van der Waals surface area (Å²) in [6, 6.07) is 9.67. The van der Waals surface area contributed by atoms with Crippen LogP contribution < -0.4 is 5.73 Å². The second kappa shape index (κ2) is 12.2. The number of phosphoric acid groups is 1. The topological polar surface area (TPSA) is 153 Å². The van der Waals surface area contributed by atoms with E-state index in [9.17, 15) is 9.67 Å². The Morgan fingerprint density at radius 3 is 2.49 bits per heavy atom. The molecular formula is C25H35ClN5O7P. The molecule has 0 saturated carbocycles. The smallest absolute Gasteiger partial charge is 0.389 e. The van der Waals surface area contributed by atoms with E-state index in [1.165, 1.54) is 6.33 Å². The number of nitrogens with two attached hydrogens (primary N) is 1. The fourth-order valence-corrected chi connectivity index (χ4v) is 6.15. The number of hydrogen-bond acceptors (Lipinski definition) is 11. The number of ether oxygens (including phenoxy) is 2. The minimum absolute atomic E-state index is 0.0557. The van der Waals surface area contributed by atoms with Crippen LogP contribution in [0.5, 0.6) is 0 Å². The van der Waals surface area contributed by atoms with Crippen LogP contribution in [0.25, 0.3) is 11.2 Å². The van der Waals surface area contributed by atoms with E-state index in [1.807, 2.05) is 37.3 Å². The Balaban J connectivity index is 1.62. The van der Waals surface area contributed by atoms with Crippen molar-refractivity contribution in [2.24, 2.45) is 5.41 Å². The third-order valence-corrected chi connectivity index (χ3v) is 8.16. The zero-order valence-electron chi connectivity index (χ0n) is 22.6. The normalized spacial score (nSPS) is 23.9. The lowest BCUT2D eigenvalue weighted by Crippen LogP contribution is -2.42. The second-order valence-electron chi connectivity index (χ2n) is 10.2. The Kier molecular flexibility index (Phi) is 9.30. The molecule has 12 nitrogen and oxygen atoms in total. The summed E-state index contributed by atoms with van der Waals surface area (Å²) >= 11 is 6.09. The van der Waals surface area contributed by atoms with Crippen LogP contribution in [0.4, 0.5) is 5.82 Å². The van der Waals surface area contributed by atoms with Gasteiger partial charge in [-0.3, -0.25) is 18.1 Å². The molecular weight excluding hydrogens is 549 g/mol. The van der Waals surface area contributed by atoms with Gasteiger partial charge in [-0.15, -0.1) is 0 Å². The highest BCUT2D eigenvalue weighted by Gasteiger charge is 2.55. The van der Waals surface area contributed by atoms with Gasteiger partial charge in [0.15, 0.2) is 11.5 Å². The average Bonchev–Trinajstić information content (AvgIpc) is 3.36. The summed E-state index contributed by atoms with van der Waals surface area (Å²) in [5, 5.41) is 11.5. The first-order valence-electron chi connectivity index (χ1n) is 12.6. The van der Waals surface area contributed by atoms with Gasteiger partial charge in [0.25, 0.3) is 0 Å². The monoisotopic (exact) mass is 583 g/mol. The summed E-state index contributed by atoms with van der Waals surface area (Å²) in [6.45, 7) is 8.86. The molecule has 3 N–H and O–H groups in total. The first-order valence-corrected chi connectivity index (χ1v) is 14.5. The number of aliphatic hydroxyl groups excluding tert-OH is 1. The summed E-state index contributed by atoms with van der Waals surface area (Å²) in [5.74, 6) is 0.113. The summed E-state index contributed by atoms with van der Waals surface area (Å²) in [4.78, 5) is 12.6. The van der Waals surface area contributed by atoms with Crippen molar-refractivity contribution in [3.05, 3.63) is 47.5 Å². The van der Waals surface area contributed by atoms with Gasteiger partial charge in [0.2, 0.25) is 5.28 Å². The van der Waals surface area contributed by atoms with Gasteiger partial charge in [-0.05, 0) is 44.9 Å². The van der Waals surface area contributed by atoms with Gasteiger partial charge < -0.3 is 20.3 Å². The predicted octanol–water partition coefficient (Wildman–Crippen LogP) is 4.52. The molecule has 1 saturated heterocycles. The Morgan fingerprint density at radius 1 is 1.18 bits per heavy atom. The van der Waals surface area contributed by atoms with Crippen LogP contribution in [0.15, 0.2) is 36.7 Å². The summed E-state index contributed by atoms with van der Waals surface area (Å²) in [7, 11) is -3.94. The highest BCUT2D eigenvalue weighted by atomic mass is 35.5. The van der Waals surface area contributed by atoms with E-state index in [1.54, 1.807) is 32.3 Å². The largest absolute Gasteiger partial charge is 0.475 e. The van der Waals surface area contributed by atoms with Gasteiger partial charge in [0.05, 0.1) is 49.9 Å². The molecule has 0 radical (unpaired) electrons. The maximum Gasteiger partial charge on any atom is 0.475 e. The molecule has 3 aromatic rings. The summed E-state index contributed by atoms with van der Waals surface area (Å²) in [6.07, 6.45) is -2.20. The number of nitrogens with zero attached hydrogens (tertiary/aromatic N) is 4. The fourth-order valence-electron chi connectivity index (χ4n) is 4.45. The molecule has 1 aromatic carbocycles. The molecule has 214 valence electrons. The Labute approximate surface area is 232 Å². The number of nitrogen functional groups attached to an aromatic ring is 1. The van der Waals surface area contributed by atoms with Crippen LogP contribution in [0.2, 0.25) is 5.28 Å². The maximum absolute atomic E-state index is 13.3. The van der Waals surface area contributed by atoms with Gasteiger partial charge in [-0.25, -0.2) is 9.55 Å². The molecule has 0 amide bonds. The van der Waals surface area contributed by atoms with E-state index in [-0.39, 0.29) is 24.3 Å². The molecule has 4 rings (SSSR count). The van der Waals surface area contributed by atoms with Gasteiger partial charge in [0, 0.05) is 0 Å². The van der Waals surface area contributed by atoms with Crippen LogP contribution in [0, 0.1) is 5.41 Å². The first-order chi connectivity index (χ1) is 18.4. The second-order valence-corrected chi connectivity index (χ2v) is 12.1. The molecule has 4 atom stereocenters. The highest BCUT2D eigenvalue weighted by Crippen LogP contribution is 2.53. The molecule has 3 heterocycles. The minimum atomic E-state index is -3.94. The van der Waals surface area contributed by atoms with E-state index in [0.717, 1.165) is 5.56 Å². The Morgan fingerprint density at radius 2 is 1.85 bits per heavy atom.